The monoisotopic (exact) mass is 665 g/mol. The maximum Gasteiger partial charge on any atom is 0.227 e. The zero-order valence-corrected chi connectivity index (χ0v) is 29.6. The summed E-state index contributed by atoms with van der Waals surface area (Å²) in [5.41, 5.74) is 6.15. The van der Waals surface area contributed by atoms with Gasteiger partial charge in [-0.25, -0.2) is 19.9 Å². The Morgan fingerprint density at radius 3 is 2.40 bits per heavy atom. The van der Waals surface area contributed by atoms with Gasteiger partial charge in [0.25, 0.3) is 0 Å². The fourth-order valence-electron chi connectivity index (χ4n) is 5.28. The number of anilines is 4. The molecule has 2 aromatic carbocycles. The lowest BCUT2D eigenvalue weighted by Gasteiger charge is -2.27. The van der Waals surface area contributed by atoms with Crippen LogP contribution in [0, 0.1) is 0 Å². The molecular weight excluding hydrogens is 623 g/mol. The second-order valence-electron chi connectivity index (χ2n) is 12.8. The van der Waals surface area contributed by atoms with Gasteiger partial charge in [-0.05, 0) is 65.7 Å². The van der Waals surface area contributed by atoms with Crippen LogP contribution < -0.4 is 14.9 Å². The minimum atomic E-state index is -0.250. The highest BCUT2D eigenvalue weighted by Gasteiger charge is 2.20. The minimum absolute atomic E-state index is 0.126. The molecule has 1 unspecified atom stereocenters. The second-order valence-corrected chi connectivity index (χ2v) is 15.7. The summed E-state index contributed by atoms with van der Waals surface area (Å²) in [5.74, 6) is 1.76. The average Bonchev–Trinajstić information content (AvgIpc) is 3.54. The molecule has 0 bridgehead atoms. The highest BCUT2D eigenvalue weighted by Crippen LogP contribution is 2.40. The summed E-state index contributed by atoms with van der Waals surface area (Å²) in [4.78, 5) is 23.8. The SMILES string of the molecule is C/C=S(/Nc1cccc(-c2nc(C(C)C)sc2-c2ccnc(Nc3ccc(N4CCOCC4)nc3)n2)c1)c1ccc(C(C)(C)C)cc1. The second kappa shape index (κ2) is 14.3. The van der Waals surface area contributed by atoms with Gasteiger partial charge in [0.1, 0.15) is 5.82 Å². The Morgan fingerprint density at radius 2 is 1.72 bits per heavy atom. The molecule has 8 nitrogen and oxygen atoms in total. The Labute approximate surface area is 284 Å². The molecule has 1 saturated heterocycles. The van der Waals surface area contributed by atoms with Crippen molar-refractivity contribution in [2.24, 2.45) is 0 Å². The van der Waals surface area contributed by atoms with Crippen LogP contribution in [0.3, 0.4) is 0 Å². The van der Waals surface area contributed by atoms with Gasteiger partial charge in [0.05, 0.1) is 46.4 Å². The number of thiazole rings is 1. The first kappa shape index (κ1) is 32.8. The molecule has 0 amide bonds. The van der Waals surface area contributed by atoms with Crippen LogP contribution in [0.25, 0.3) is 21.8 Å². The van der Waals surface area contributed by atoms with E-state index in [1.165, 1.54) is 10.5 Å². The van der Waals surface area contributed by atoms with E-state index in [1.54, 1.807) is 17.5 Å². The van der Waals surface area contributed by atoms with E-state index in [4.69, 9.17) is 14.7 Å². The standard InChI is InChI=1S/C37H43N7OS2/c1-7-47(30-14-11-27(12-15-30)37(4,5)6)43-28-10-8-9-26(23-28)33-34(46-35(42-33)25(2)3)31-17-18-38-36(41-31)40-29-13-16-32(39-24-29)44-19-21-45-22-20-44/h7-18,23-25,43H,19-22H2,1-6H3,(H,38,40,41). The van der Waals surface area contributed by atoms with Gasteiger partial charge in [0.15, 0.2) is 0 Å². The molecule has 3 aromatic heterocycles. The van der Waals surface area contributed by atoms with Crippen molar-refractivity contribution in [2.75, 3.05) is 41.2 Å². The smallest absolute Gasteiger partial charge is 0.227 e. The number of ether oxygens (including phenoxy) is 1. The molecule has 1 fully saturated rings. The van der Waals surface area contributed by atoms with Crippen molar-refractivity contribution >= 4 is 50.5 Å². The van der Waals surface area contributed by atoms with Crippen molar-refractivity contribution < 1.29 is 4.74 Å². The number of nitrogens with one attached hydrogen (secondary N) is 2. The number of aromatic nitrogens is 4. The van der Waals surface area contributed by atoms with E-state index in [9.17, 15) is 0 Å². The van der Waals surface area contributed by atoms with Crippen LogP contribution >= 0.6 is 22.0 Å². The first-order chi connectivity index (χ1) is 22.7. The van der Waals surface area contributed by atoms with E-state index >= 15 is 0 Å². The van der Waals surface area contributed by atoms with Gasteiger partial charge >= 0.3 is 0 Å². The van der Waals surface area contributed by atoms with Gasteiger partial charge < -0.3 is 19.7 Å². The Morgan fingerprint density at radius 1 is 0.936 bits per heavy atom. The normalized spacial score (nSPS) is 14.4. The fraction of sp³-hybridized carbons (Fsp3) is 0.324. The summed E-state index contributed by atoms with van der Waals surface area (Å²) in [6, 6.07) is 23.5. The third-order valence-electron chi connectivity index (χ3n) is 7.94. The summed E-state index contributed by atoms with van der Waals surface area (Å²) in [5, 5.41) is 6.64. The third-order valence-corrected chi connectivity index (χ3v) is 11.0. The van der Waals surface area contributed by atoms with Crippen LogP contribution in [-0.2, 0) is 10.2 Å². The number of rotatable bonds is 9. The van der Waals surface area contributed by atoms with Crippen LogP contribution in [-0.4, -0.2) is 51.6 Å². The minimum Gasteiger partial charge on any atom is -0.378 e. The van der Waals surface area contributed by atoms with Crippen molar-refractivity contribution in [2.45, 2.75) is 57.8 Å². The lowest BCUT2D eigenvalue weighted by Crippen LogP contribution is -2.36. The highest BCUT2D eigenvalue weighted by molar-refractivity contribution is 8.16. The molecule has 1 aliphatic heterocycles. The molecule has 5 aromatic rings. The zero-order chi connectivity index (χ0) is 33.0. The Balaban J connectivity index is 1.25. The zero-order valence-electron chi connectivity index (χ0n) is 27.9. The molecule has 0 aliphatic carbocycles. The predicted octanol–water partition coefficient (Wildman–Crippen LogP) is 9.14. The predicted molar refractivity (Wildman–Crippen MR) is 200 cm³/mol. The van der Waals surface area contributed by atoms with Crippen LogP contribution in [0.5, 0.6) is 0 Å². The summed E-state index contributed by atoms with van der Waals surface area (Å²) in [7, 11) is -0.250. The van der Waals surface area contributed by atoms with Gasteiger partial charge in [-0.2, -0.15) is 0 Å². The molecule has 244 valence electrons. The molecule has 6 rings (SSSR count). The maximum atomic E-state index is 5.47. The van der Waals surface area contributed by atoms with Crippen LogP contribution in [0.1, 0.15) is 58.0 Å². The van der Waals surface area contributed by atoms with Gasteiger partial charge in [-0.1, -0.05) is 69.6 Å². The molecule has 1 aliphatic rings. The average molecular weight is 666 g/mol. The van der Waals surface area contributed by atoms with E-state index < -0.39 is 0 Å². The van der Waals surface area contributed by atoms with E-state index in [0.717, 1.165) is 70.3 Å². The van der Waals surface area contributed by atoms with Crippen molar-refractivity contribution in [1.82, 2.24) is 19.9 Å². The van der Waals surface area contributed by atoms with Gasteiger partial charge in [0, 0.05) is 41.4 Å². The molecule has 4 heterocycles. The molecule has 2 N–H and O–H groups in total. The molecule has 0 spiro atoms. The van der Waals surface area contributed by atoms with Gasteiger partial charge in [-0.15, -0.1) is 11.3 Å². The molecule has 0 radical (unpaired) electrons. The molecule has 0 saturated carbocycles. The largest absolute Gasteiger partial charge is 0.378 e. The number of hydrogen-bond acceptors (Lipinski definition) is 9. The number of pyridine rings is 1. The van der Waals surface area contributed by atoms with E-state index in [-0.39, 0.29) is 16.1 Å². The molecule has 47 heavy (non-hydrogen) atoms. The Bertz CT molecular complexity index is 1840. The van der Waals surface area contributed by atoms with Crippen LogP contribution in [0.4, 0.5) is 23.1 Å². The number of hydrogen-bond donors (Lipinski definition) is 2. The van der Waals surface area contributed by atoms with Crippen molar-refractivity contribution in [3.05, 3.63) is 89.7 Å². The van der Waals surface area contributed by atoms with Crippen molar-refractivity contribution in [3.8, 4) is 21.8 Å². The van der Waals surface area contributed by atoms with E-state index in [1.807, 2.05) is 24.4 Å². The van der Waals surface area contributed by atoms with Crippen LogP contribution in [0.15, 0.2) is 84.0 Å². The molecule has 1 atom stereocenters. The first-order valence-corrected chi connectivity index (χ1v) is 18.2. The third kappa shape index (κ3) is 7.89. The van der Waals surface area contributed by atoms with E-state index in [2.05, 4.69) is 120 Å². The number of morpholine rings is 1. The van der Waals surface area contributed by atoms with Crippen molar-refractivity contribution in [3.63, 3.8) is 0 Å². The topological polar surface area (TPSA) is 88.1 Å². The first-order valence-electron chi connectivity index (χ1n) is 16.1. The fourth-order valence-corrected chi connectivity index (χ4v) is 7.66. The summed E-state index contributed by atoms with van der Waals surface area (Å²) < 4.78 is 9.23. The number of benzene rings is 2. The highest BCUT2D eigenvalue weighted by atomic mass is 32.2. The Hall–Kier alpha value is -4.12. The lowest BCUT2D eigenvalue weighted by atomic mass is 9.87. The summed E-state index contributed by atoms with van der Waals surface area (Å²) >= 11 is 1.69. The van der Waals surface area contributed by atoms with Crippen LogP contribution in [0.2, 0.25) is 0 Å². The number of nitrogens with zero attached hydrogens (tertiary/aromatic N) is 5. The quantitative estimate of drug-likeness (QED) is 0.151. The van der Waals surface area contributed by atoms with Crippen molar-refractivity contribution in [1.29, 1.82) is 0 Å². The van der Waals surface area contributed by atoms with Gasteiger partial charge in [-0.3, -0.25) is 0 Å². The van der Waals surface area contributed by atoms with E-state index in [0.29, 0.717) is 11.9 Å². The Kier molecular flexibility index (Phi) is 10.0. The molecular formula is C37H43N7OS2. The summed E-state index contributed by atoms with van der Waals surface area (Å²) in [6.45, 7) is 16.4. The van der Waals surface area contributed by atoms with Gasteiger partial charge in [0.2, 0.25) is 5.95 Å². The maximum absolute atomic E-state index is 5.47. The molecule has 10 heteroatoms. The summed E-state index contributed by atoms with van der Waals surface area (Å²) in [6.07, 6.45) is 3.62. The lowest BCUT2D eigenvalue weighted by molar-refractivity contribution is 0.122.